The van der Waals surface area contributed by atoms with Crippen LogP contribution in [-0.4, -0.2) is 32.6 Å². The molecule has 0 saturated heterocycles. The summed E-state index contributed by atoms with van der Waals surface area (Å²) in [5.74, 6) is 1.09. The number of nitrogens with one attached hydrogen (secondary N) is 3. The van der Waals surface area contributed by atoms with Crippen LogP contribution in [0.3, 0.4) is 0 Å². The summed E-state index contributed by atoms with van der Waals surface area (Å²) in [4.78, 5) is 12.1. The zero-order valence-electron chi connectivity index (χ0n) is 17.3. The lowest BCUT2D eigenvalue weighted by molar-refractivity contribution is 0.0971. The molecule has 1 aliphatic heterocycles. The molecule has 5 rings (SSSR count). The van der Waals surface area contributed by atoms with Crippen LogP contribution in [0.2, 0.25) is 0 Å². The molecular formula is C22H27FN4O3S. The Morgan fingerprint density at radius 3 is 2.87 bits per heavy atom. The Hall–Kier alpha value is -2.42. The van der Waals surface area contributed by atoms with E-state index in [0.29, 0.717) is 22.8 Å². The number of benzene rings is 1. The van der Waals surface area contributed by atoms with Gasteiger partial charge in [0.05, 0.1) is 11.4 Å². The second-order valence-electron chi connectivity index (χ2n) is 8.79. The van der Waals surface area contributed by atoms with Crippen molar-refractivity contribution < 1.29 is 18.1 Å². The summed E-state index contributed by atoms with van der Waals surface area (Å²) < 4.78 is 32.1. The van der Waals surface area contributed by atoms with E-state index < -0.39 is 10.8 Å². The zero-order chi connectivity index (χ0) is 21.4. The first-order valence-electron chi connectivity index (χ1n) is 11.0. The molecule has 2 aromatic rings. The number of aromatic nitrogens is 2. The number of hydrogen-bond donors (Lipinski definition) is 3. The Balaban J connectivity index is 1.17. The first-order valence-corrected chi connectivity index (χ1v) is 12.5. The molecule has 1 aromatic carbocycles. The molecule has 0 radical (unpaired) electrons. The standard InChI is InChI=1S/C22H27FN4O3S/c23-21-17-12-31(29)11-14(17)6-8-18(21)25-20-10-19(26-27-20)13-5-7-16(9-13)30-22(28)24-15-3-1-2-4-15/h6,8,10,13,15-16H,1-5,7,9,11-12H2,(H,24,28)(H2,25,26,27). The smallest absolute Gasteiger partial charge is 0.407 e. The number of carbonyl (C=O) groups is 1. The van der Waals surface area contributed by atoms with E-state index in [-0.39, 0.29) is 35.7 Å². The fraction of sp³-hybridized carbons (Fsp3) is 0.545. The molecule has 9 heteroatoms. The normalized spacial score (nSPS) is 25.5. The molecule has 1 aromatic heterocycles. The number of hydrogen-bond acceptors (Lipinski definition) is 5. The fourth-order valence-electron chi connectivity index (χ4n) is 4.93. The number of carbonyl (C=O) groups excluding carboxylic acids is 1. The average molecular weight is 447 g/mol. The second kappa shape index (κ2) is 8.61. The third-order valence-electron chi connectivity index (χ3n) is 6.60. The van der Waals surface area contributed by atoms with Gasteiger partial charge >= 0.3 is 6.09 Å². The second-order valence-corrected chi connectivity index (χ2v) is 10.2. The highest BCUT2D eigenvalue weighted by atomic mass is 32.2. The highest BCUT2D eigenvalue weighted by Gasteiger charge is 2.31. The molecule has 0 bridgehead atoms. The molecule has 3 aliphatic rings. The van der Waals surface area contributed by atoms with Gasteiger partial charge < -0.3 is 15.4 Å². The van der Waals surface area contributed by atoms with Gasteiger partial charge in [0.25, 0.3) is 0 Å². The largest absolute Gasteiger partial charge is 0.446 e. The molecule has 2 fully saturated rings. The van der Waals surface area contributed by atoms with E-state index in [1.165, 1.54) is 12.8 Å². The van der Waals surface area contributed by atoms with Crippen LogP contribution in [-0.2, 0) is 27.0 Å². The lowest BCUT2D eigenvalue weighted by Gasteiger charge is -2.16. The topological polar surface area (TPSA) is 96.1 Å². The molecule has 2 saturated carbocycles. The first kappa shape index (κ1) is 20.5. The Morgan fingerprint density at radius 2 is 2.03 bits per heavy atom. The van der Waals surface area contributed by atoms with Gasteiger partial charge in [-0.3, -0.25) is 9.31 Å². The molecule has 3 N–H and O–H groups in total. The third-order valence-corrected chi connectivity index (χ3v) is 7.84. The van der Waals surface area contributed by atoms with Crippen LogP contribution in [0.5, 0.6) is 0 Å². The van der Waals surface area contributed by atoms with Crippen LogP contribution in [0, 0.1) is 5.82 Å². The number of amides is 1. The van der Waals surface area contributed by atoms with Crippen LogP contribution in [0.4, 0.5) is 20.7 Å². The summed E-state index contributed by atoms with van der Waals surface area (Å²) in [7, 11) is -1.02. The first-order chi connectivity index (χ1) is 15.0. The summed E-state index contributed by atoms with van der Waals surface area (Å²) in [6, 6.07) is 5.64. The summed E-state index contributed by atoms with van der Waals surface area (Å²) in [5, 5.41) is 13.3. The van der Waals surface area contributed by atoms with E-state index in [4.69, 9.17) is 4.74 Å². The number of ether oxygens (including phenoxy) is 1. The van der Waals surface area contributed by atoms with Crippen LogP contribution in [0.15, 0.2) is 18.2 Å². The van der Waals surface area contributed by atoms with Crippen molar-refractivity contribution in [1.82, 2.24) is 15.5 Å². The van der Waals surface area contributed by atoms with Crippen LogP contribution < -0.4 is 10.6 Å². The van der Waals surface area contributed by atoms with Gasteiger partial charge in [-0.2, -0.15) is 5.10 Å². The molecule has 3 atom stereocenters. The summed E-state index contributed by atoms with van der Waals surface area (Å²) >= 11 is 0. The van der Waals surface area contributed by atoms with E-state index in [1.54, 1.807) is 6.07 Å². The number of aromatic amines is 1. The highest BCUT2D eigenvalue weighted by Crippen LogP contribution is 2.37. The average Bonchev–Trinajstić information content (AvgIpc) is 3.51. The number of rotatable bonds is 5. The van der Waals surface area contributed by atoms with Crippen molar-refractivity contribution in [2.24, 2.45) is 0 Å². The number of halogens is 1. The minimum atomic E-state index is -1.02. The van der Waals surface area contributed by atoms with Crippen molar-refractivity contribution in [2.75, 3.05) is 5.32 Å². The number of alkyl carbamates (subject to hydrolysis) is 1. The Morgan fingerprint density at radius 1 is 1.19 bits per heavy atom. The summed E-state index contributed by atoms with van der Waals surface area (Å²) in [6.07, 6.45) is 6.48. The van der Waals surface area contributed by atoms with E-state index in [1.807, 2.05) is 12.1 Å². The molecule has 3 unspecified atom stereocenters. The van der Waals surface area contributed by atoms with Crippen LogP contribution in [0.1, 0.15) is 67.7 Å². The lowest BCUT2D eigenvalue weighted by Crippen LogP contribution is -2.35. The Bertz CT molecular complexity index is 1000. The highest BCUT2D eigenvalue weighted by molar-refractivity contribution is 7.83. The molecule has 1 amide bonds. The number of nitrogens with zero attached hydrogens (tertiary/aromatic N) is 1. The lowest BCUT2D eigenvalue weighted by atomic mass is 10.0. The minimum Gasteiger partial charge on any atom is -0.446 e. The third kappa shape index (κ3) is 4.46. The predicted octanol–water partition coefficient (Wildman–Crippen LogP) is 4.36. The quantitative estimate of drug-likeness (QED) is 0.634. The van der Waals surface area contributed by atoms with E-state index in [9.17, 15) is 13.4 Å². The Labute approximate surface area is 183 Å². The molecule has 2 heterocycles. The van der Waals surface area contributed by atoms with Gasteiger partial charge in [0, 0.05) is 45.8 Å². The molecule has 31 heavy (non-hydrogen) atoms. The molecule has 166 valence electrons. The maximum atomic E-state index is 14.8. The van der Waals surface area contributed by atoms with Crippen molar-refractivity contribution in [3.8, 4) is 0 Å². The van der Waals surface area contributed by atoms with Gasteiger partial charge in [0.1, 0.15) is 6.10 Å². The van der Waals surface area contributed by atoms with Crippen molar-refractivity contribution in [3.63, 3.8) is 0 Å². The van der Waals surface area contributed by atoms with Gasteiger partial charge in [-0.05, 0) is 43.7 Å². The molecule has 2 aliphatic carbocycles. The Kier molecular flexibility index (Phi) is 5.69. The van der Waals surface area contributed by atoms with Gasteiger partial charge in [0.2, 0.25) is 0 Å². The van der Waals surface area contributed by atoms with Crippen molar-refractivity contribution >= 4 is 28.4 Å². The fourth-order valence-corrected chi connectivity index (χ4v) is 6.29. The SMILES string of the molecule is O=C(NC1CCCC1)OC1CCC(c2cc(Nc3ccc4c(c3F)CS(=O)C4)n[nH]2)C1. The van der Waals surface area contributed by atoms with E-state index in [0.717, 1.165) is 43.4 Å². The van der Waals surface area contributed by atoms with Gasteiger partial charge in [-0.1, -0.05) is 18.9 Å². The summed E-state index contributed by atoms with van der Waals surface area (Å²) in [6.45, 7) is 0. The maximum Gasteiger partial charge on any atom is 0.407 e. The minimum absolute atomic E-state index is 0.0962. The van der Waals surface area contributed by atoms with Gasteiger partial charge in [-0.25, -0.2) is 9.18 Å². The van der Waals surface area contributed by atoms with Crippen LogP contribution >= 0.6 is 0 Å². The van der Waals surface area contributed by atoms with Gasteiger partial charge in [-0.15, -0.1) is 0 Å². The van der Waals surface area contributed by atoms with Crippen molar-refractivity contribution in [1.29, 1.82) is 0 Å². The number of anilines is 2. The molecule has 0 spiro atoms. The summed E-state index contributed by atoms with van der Waals surface area (Å²) in [5.41, 5.74) is 2.64. The molecule has 7 nitrogen and oxygen atoms in total. The van der Waals surface area contributed by atoms with E-state index in [2.05, 4.69) is 20.8 Å². The number of fused-ring (bicyclic) bond motifs is 1. The van der Waals surface area contributed by atoms with Crippen molar-refractivity contribution in [2.45, 2.75) is 74.5 Å². The zero-order valence-corrected chi connectivity index (χ0v) is 18.1. The van der Waals surface area contributed by atoms with Crippen molar-refractivity contribution in [3.05, 3.63) is 40.8 Å². The maximum absolute atomic E-state index is 14.8. The van der Waals surface area contributed by atoms with Gasteiger partial charge in [0.15, 0.2) is 11.6 Å². The van der Waals surface area contributed by atoms with E-state index >= 15 is 0 Å². The van der Waals surface area contributed by atoms with Crippen LogP contribution in [0.25, 0.3) is 0 Å². The predicted molar refractivity (Wildman–Crippen MR) is 116 cm³/mol. The monoisotopic (exact) mass is 446 g/mol. The number of H-pyrrole nitrogens is 1. The molecular weight excluding hydrogens is 419 g/mol.